The van der Waals surface area contributed by atoms with Gasteiger partial charge in [0.25, 0.3) is 5.91 Å². The van der Waals surface area contributed by atoms with Crippen molar-refractivity contribution in [3.63, 3.8) is 0 Å². The van der Waals surface area contributed by atoms with Crippen LogP contribution in [-0.2, 0) is 0 Å². The third-order valence-electron chi connectivity index (χ3n) is 3.33. The molecule has 6 heteroatoms. The van der Waals surface area contributed by atoms with Crippen LogP contribution in [0.4, 0.5) is 4.39 Å². The molecule has 20 heavy (non-hydrogen) atoms. The van der Waals surface area contributed by atoms with Crippen LogP contribution in [0, 0.1) is 5.82 Å². The molecule has 0 radical (unpaired) electrons. The molecule has 1 amide bonds. The van der Waals surface area contributed by atoms with E-state index in [1.165, 1.54) is 12.1 Å². The lowest BCUT2D eigenvalue weighted by atomic mass is 10.2. The molecule has 1 aliphatic heterocycles. The van der Waals surface area contributed by atoms with E-state index in [-0.39, 0.29) is 10.9 Å². The van der Waals surface area contributed by atoms with Crippen LogP contribution >= 0.6 is 11.6 Å². The number of carbonyl (C=O) groups excluding carboxylic acids is 1. The minimum atomic E-state index is -0.569. The number of hydrogen-bond acceptors (Lipinski definition) is 3. The lowest BCUT2D eigenvalue weighted by molar-refractivity contribution is 0.0951. The van der Waals surface area contributed by atoms with E-state index in [4.69, 9.17) is 11.6 Å². The Morgan fingerprint density at radius 2 is 2.15 bits per heavy atom. The van der Waals surface area contributed by atoms with Crippen LogP contribution in [0.2, 0.25) is 5.02 Å². The highest BCUT2D eigenvalue weighted by molar-refractivity contribution is 6.30. The maximum Gasteiger partial charge on any atom is 0.251 e. The molecule has 1 aliphatic rings. The first kappa shape index (κ1) is 15.2. The van der Waals surface area contributed by atoms with Crippen molar-refractivity contribution < 1.29 is 9.18 Å². The highest BCUT2D eigenvalue weighted by Crippen LogP contribution is 2.15. The van der Waals surface area contributed by atoms with Crippen molar-refractivity contribution in [3.8, 4) is 0 Å². The molecule has 0 aromatic heterocycles. The average Bonchev–Trinajstić information content (AvgIpc) is 2.47. The summed E-state index contributed by atoms with van der Waals surface area (Å²) in [5.41, 5.74) is 0.300. The molecule has 4 nitrogen and oxygen atoms in total. The van der Waals surface area contributed by atoms with Crippen molar-refractivity contribution in [3.05, 3.63) is 34.6 Å². The van der Waals surface area contributed by atoms with E-state index in [1.54, 1.807) is 0 Å². The van der Waals surface area contributed by atoms with Crippen LogP contribution in [0.5, 0.6) is 0 Å². The van der Waals surface area contributed by atoms with Crippen LogP contribution < -0.4 is 10.6 Å². The molecule has 110 valence electrons. The Labute approximate surface area is 123 Å². The third kappa shape index (κ3) is 4.44. The van der Waals surface area contributed by atoms with E-state index in [1.807, 2.05) is 0 Å². The van der Waals surface area contributed by atoms with E-state index >= 15 is 0 Å². The number of amides is 1. The number of carbonyl (C=O) groups is 1. The molecular formula is C14H19ClFN3O. The van der Waals surface area contributed by atoms with Crippen LogP contribution in [0.15, 0.2) is 18.2 Å². The SMILES string of the molecule is O=C(NCCCN1CCNCC1)c1ccc(Cl)c(F)c1. The Hall–Kier alpha value is -1.17. The Balaban J connectivity index is 1.70. The fourth-order valence-electron chi connectivity index (χ4n) is 2.18. The summed E-state index contributed by atoms with van der Waals surface area (Å²) in [6, 6.07) is 4.08. The van der Waals surface area contributed by atoms with E-state index in [0.717, 1.165) is 45.2 Å². The largest absolute Gasteiger partial charge is 0.352 e. The minimum Gasteiger partial charge on any atom is -0.352 e. The van der Waals surface area contributed by atoms with Crippen LogP contribution in [-0.4, -0.2) is 50.1 Å². The molecule has 2 rings (SSSR count). The molecule has 2 N–H and O–H groups in total. The normalized spacial score (nSPS) is 16.1. The molecule has 1 heterocycles. The maximum absolute atomic E-state index is 13.2. The molecule has 1 saturated heterocycles. The molecule has 1 aromatic carbocycles. The fourth-order valence-corrected chi connectivity index (χ4v) is 2.30. The summed E-state index contributed by atoms with van der Waals surface area (Å²) in [7, 11) is 0. The fraction of sp³-hybridized carbons (Fsp3) is 0.500. The van der Waals surface area contributed by atoms with Gasteiger partial charge in [-0.05, 0) is 31.2 Å². The van der Waals surface area contributed by atoms with E-state index in [2.05, 4.69) is 15.5 Å². The van der Waals surface area contributed by atoms with Crippen molar-refractivity contribution in [1.29, 1.82) is 0 Å². The standard InChI is InChI=1S/C14H19ClFN3O/c15-12-3-2-11(10-13(12)16)14(20)18-4-1-7-19-8-5-17-6-9-19/h2-3,10,17H,1,4-9H2,(H,18,20). The zero-order valence-electron chi connectivity index (χ0n) is 11.3. The van der Waals surface area contributed by atoms with Gasteiger partial charge in [0, 0.05) is 38.3 Å². The first-order valence-corrected chi connectivity index (χ1v) is 7.21. The maximum atomic E-state index is 13.2. The molecular weight excluding hydrogens is 281 g/mol. The summed E-state index contributed by atoms with van der Waals surface area (Å²) in [5.74, 6) is -0.832. The zero-order chi connectivity index (χ0) is 14.4. The molecule has 0 bridgehead atoms. The molecule has 0 unspecified atom stereocenters. The van der Waals surface area contributed by atoms with Gasteiger partial charge in [0.05, 0.1) is 5.02 Å². The van der Waals surface area contributed by atoms with Gasteiger partial charge in [0.1, 0.15) is 5.82 Å². The quantitative estimate of drug-likeness (QED) is 0.810. The van der Waals surface area contributed by atoms with Gasteiger partial charge >= 0.3 is 0 Å². The second-order valence-electron chi connectivity index (χ2n) is 4.83. The van der Waals surface area contributed by atoms with Gasteiger partial charge in [-0.25, -0.2) is 4.39 Å². The van der Waals surface area contributed by atoms with Gasteiger partial charge in [-0.2, -0.15) is 0 Å². The Bertz CT molecular complexity index is 464. The van der Waals surface area contributed by atoms with Crippen molar-refractivity contribution in [2.75, 3.05) is 39.3 Å². The summed E-state index contributed by atoms with van der Waals surface area (Å²) < 4.78 is 13.2. The second-order valence-corrected chi connectivity index (χ2v) is 5.24. The van der Waals surface area contributed by atoms with E-state index in [9.17, 15) is 9.18 Å². The zero-order valence-corrected chi connectivity index (χ0v) is 12.0. The lowest BCUT2D eigenvalue weighted by Gasteiger charge is -2.27. The van der Waals surface area contributed by atoms with E-state index in [0.29, 0.717) is 12.1 Å². The highest BCUT2D eigenvalue weighted by atomic mass is 35.5. The Kier molecular flexibility index (Phi) is 5.76. The van der Waals surface area contributed by atoms with E-state index < -0.39 is 5.82 Å². The van der Waals surface area contributed by atoms with Crippen molar-refractivity contribution in [2.24, 2.45) is 0 Å². The average molecular weight is 300 g/mol. The van der Waals surface area contributed by atoms with Gasteiger partial charge in [-0.1, -0.05) is 11.6 Å². The first-order valence-electron chi connectivity index (χ1n) is 6.83. The highest BCUT2D eigenvalue weighted by Gasteiger charge is 2.10. The predicted molar refractivity (Wildman–Crippen MR) is 77.7 cm³/mol. The molecule has 1 aromatic rings. The second kappa shape index (κ2) is 7.57. The number of benzene rings is 1. The summed E-state index contributed by atoms with van der Waals surface area (Å²) in [5, 5.41) is 6.12. The van der Waals surface area contributed by atoms with Crippen LogP contribution in [0.25, 0.3) is 0 Å². The molecule has 0 saturated carbocycles. The first-order chi connectivity index (χ1) is 9.66. The predicted octanol–water partition coefficient (Wildman–Crippen LogP) is 1.50. The number of nitrogens with one attached hydrogen (secondary N) is 2. The number of halogens is 2. The minimum absolute atomic E-state index is 0.0280. The summed E-state index contributed by atoms with van der Waals surface area (Å²) in [6.07, 6.45) is 0.891. The van der Waals surface area contributed by atoms with Crippen molar-refractivity contribution in [2.45, 2.75) is 6.42 Å². The molecule has 0 spiro atoms. The number of rotatable bonds is 5. The van der Waals surface area contributed by atoms with Crippen LogP contribution in [0.3, 0.4) is 0 Å². The third-order valence-corrected chi connectivity index (χ3v) is 3.63. The van der Waals surface area contributed by atoms with Crippen molar-refractivity contribution in [1.82, 2.24) is 15.5 Å². The lowest BCUT2D eigenvalue weighted by Crippen LogP contribution is -2.44. The topological polar surface area (TPSA) is 44.4 Å². The van der Waals surface area contributed by atoms with Gasteiger partial charge in [0.2, 0.25) is 0 Å². The number of nitrogens with zero attached hydrogens (tertiary/aromatic N) is 1. The van der Waals surface area contributed by atoms with Gasteiger partial charge in [0.15, 0.2) is 0 Å². The van der Waals surface area contributed by atoms with Gasteiger partial charge in [-0.15, -0.1) is 0 Å². The number of hydrogen-bond donors (Lipinski definition) is 2. The van der Waals surface area contributed by atoms with Crippen LogP contribution in [0.1, 0.15) is 16.8 Å². The Morgan fingerprint density at radius 3 is 2.85 bits per heavy atom. The monoisotopic (exact) mass is 299 g/mol. The molecule has 1 fully saturated rings. The molecule has 0 atom stereocenters. The van der Waals surface area contributed by atoms with Gasteiger partial charge in [-0.3, -0.25) is 4.79 Å². The summed E-state index contributed by atoms with van der Waals surface area (Å²) in [6.45, 7) is 5.71. The van der Waals surface area contributed by atoms with Gasteiger partial charge < -0.3 is 15.5 Å². The molecule has 0 aliphatic carbocycles. The summed E-state index contributed by atoms with van der Waals surface area (Å²) >= 11 is 5.58. The van der Waals surface area contributed by atoms with Crippen molar-refractivity contribution >= 4 is 17.5 Å². The smallest absolute Gasteiger partial charge is 0.251 e. The number of piperazine rings is 1. The Morgan fingerprint density at radius 1 is 1.40 bits per heavy atom. The summed E-state index contributed by atoms with van der Waals surface area (Å²) in [4.78, 5) is 14.2.